The highest BCUT2D eigenvalue weighted by molar-refractivity contribution is 5.96. The molecular formula is C23H28ClN3O3. The molecule has 0 aromatic heterocycles. The number of para-hydroxylation sites is 1. The van der Waals surface area contributed by atoms with Crippen molar-refractivity contribution < 1.29 is 14.3 Å². The van der Waals surface area contributed by atoms with Crippen molar-refractivity contribution in [1.29, 1.82) is 0 Å². The quantitative estimate of drug-likeness (QED) is 0.766. The summed E-state index contributed by atoms with van der Waals surface area (Å²) < 4.78 is 5.38. The predicted molar refractivity (Wildman–Crippen MR) is 120 cm³/mol. The topological polar surface area (TPSA) is 70.7 Å². The third kappa shape index (κ3) is 5.59. The standard InChI is InChI=1S/C23H27N3O3.ClH/c27-22(15-20-16-29-13-11-24-20)25-19-9-7-17(8-10-19)14-23(28)26-12-3-5-18-4-1-2-6-21(18)26;/h1-2,4,6-10,20,24H,3,5,11-16H2,(H,25,27);1H. The van der Waals surface area contributed by atoms with Gasteiger partial charge in [0.15, 0.2) is 0 Å². The lowest BCUT2D eigenvalue weighted by Gasteiger charge is -2.29. The molecule has 2 aliphatic rings. The van der Waals surface area contributed by atoms with Crippen LogP contribution in [-0.4, -0.2) is 44.2 Å². The first kappa shape index (κ1) is 22.3. The van der Waals surface area contributed by atoms with Crippen LogP contribution in [0.25, 0.3) is 0 Å². The van der Waals surface area contributed by atoms with Gasteiger partial charge in [-0.25, -0.2) is 0 Å². The fourth-order valence-corrected chi connectivity index (χ4v) is 3.96. The molecule has 1 atom stereocenters. The van der Waals surface area contributed by atoms with Crippen molar-refractivity contribution in [2.45, 2.75) is 31.7 Å². The molecule has 2 aromatic carbocycles. The van der Waals surface area contributed by atoms with Gasteiger partial charge in [-0.2, -0.15) is 0 Å². The van der Waals surface area contributed by atoms with Crippen molar-refractivity contribution in [1.82, 2.24) is 5.32 Å². The number of hydrogen-bond donors (Lipinski definition) is 2. The smallest absolute Gasteiger partial charge is 0.231 e. The van der Waals surface area contributed by atoms with E-state index < -0.39 is 0 Å². The molecule has 160 valence electrons. The zero-order valence-electron chi connectivity index (χ0n) is 16.9. The molecule has 30 heavy (non-hydrogen) atoms. The monoisotopic (exact) mass is 429 g/mol. The summed E-state index contributed by atoms with van der Waals surface area (Å²) in [6, 6.07) is 15.7. The first-order valence-electron chi connectivity index (χ1n) is 10.3. The van der Waals surface area contributed by atoms with Gasteiger partial charge in [0.2, 0.25) is 11.8 Å². The number of benzene rings is 2. The van der Waals surface area contributed by atoms with Gasteiger partial charge in [0.25, 0.3) is 0 Å². The van der Waals surface area contributed by atoms with Crippen LogP contribution in [0.15, 0.2) is 48.5 Å². The Hall–Kier alpha value is -2.41. The summed E-state index contributed by atoms with van der Waals surface area (Å²) in [7, 11) is 0. The Morgan fingerprint density at radius 1 is 1.13 bits per heavy atom. The number of ether oxygens (including phenoxy) is 1. The number of amides is 2. The highest BCUT2D eigenvalue weighted by Crippen LogP contribution is 2.27. The molecule has 2 aliphatic heterocycles. The van der Waals surface area contributed by atoms with Crippen molar-refractivity contribution in [2.75, 3.05) is 36.5 Å². The Balaban J connectivity index is 0.00000256. The fraction of sp³-hybridized carbons (Fsp3) is 0.391. The van der Waals surface area contributed by atoms with E-state index in [1.807, 2.05) is 47.4 Å². The zero-order valence-corrected chi connectivity index (χ0v) is 17.7. The van der Waals surface area contributed by atoms with E-state index in [0.717, 1.165) is 42.9 Å². The summed E-state index contributed by atoms with van der Waals surface area (Å²) in [4.78, 5) is 26.9. The van der Waals surface area contributed by atoms with Gasteiger partial charge < -0.3 is 20.3 Å². The van der Waals surface area contributed by atoms with Gasteiger partial charge in [0.1, 0.15) is 0 Å². The number of hydrogen-bond acceptors (Lipinski definition) is 4. The lowest BCUT2D eigenvalue weighted by atomic mass is 10.0. The van der Waals surface area contributed by atoms with E-state index in [-0.39, 0.29) is 30.3 Å². The summed E-state index contributed by atoms with van der Waals surface area (Å²) in [5.41, 5.74) is 3.96. The number of nitrogens with zero attached hydrogens (tertiary/aromatic N) is 1. The van der Waals surface area contributed by atoms with Crippen LogP contribution < -0.4 is 15.5 Å². The molecule has 0 aliphatic carbocycles. The van der Waals surface area contributed by atoms with E-state index >= 15 is 0 Å². The van der Waals surface area contributed by atoms with Crippen molar-refractivity contribution >= 4 is 35.6 Å². The summed E-state index contributed by atoms with van der Waals surface area (Å²) in [5, 5.41) is 6.19. The minimum atomic E-state index is -0.0400. The molecule has 1 fully saturated rings. The largest absolute Gasteiger partial charge is 0.378 e. The minimum Gasteiger partial charge on any atom is -0.378 e. The second-order valence-electron chi connectivity index (χ2n) is 7.63. The molecule has 0 bridgehead atoms. The number of halogens is 1. The number of aryl methyl sites for hydroxylation is 1. The van der Waals surface area contributed by atoms with Crippen LogP contribution in [0.3, 0.4) is 0 Å². The van der Waals surface area contributed by atoms with Gasteiger partial charge in [-0.3, -0.25) is 9.59 Å². The minimum absolute atomic E-state index is 0. The number of rotatable bonds is 5. The lowest BCUT2D eigenvalue weighted by Crippen LogP contribution is -2.43. The maximum atomic E-state index is 12.9. The molecule has 0 spiro atoms. The van der Waals surface area contributed by atoms with Gasteiger partial charge >= 0.3 is 0 Å². The van der Waals surface area contributed by atoms with Crippen molar-refractivity contribution in [3.8, 4) is 0 Å². The van der Waals surface area contributed by atoms with E-state index in [1.54, 1.807) is 0 Å². The molecular weight excluding hydrogens is 402 g/mol. The Bertz CT molecular complexity index is 866. The van der Waals surface area contributed by atoms with Crippen molar-refractivity contribution in [3.63, 3.8) is 0 Å². The maximum Gasteiger partial charge on any atom is 0.231 e. The molecule has 2 aromatic rings. The molecule has 0 saturated carbocycles. The molecule has 1 unspecified atom stereocenters. The van der Waals surface area contributed by atoms with Gasteiger partial charge in [-0.1, -0.05) is 30.3 Å². The summed E-state index contributed by atoms with van der Waals surface area (Å²) in [5.74, 6) is 0.0686. The molecule has 2 amide bonds. The lowest BCUT2D eigenvalue weighted by molar-refractivity contribution is -0.118. The second kappa shape index (κ2) is 10.6. The third-order valence-corrected chi connectivity index (χ3v) is 5.43. The number of fused-ring (bicyclic) bond motifs is 1. The molecule has 1 saturated heterocycles. The summed E-state index contributed by atoms with van der Waals surface area (Å²) in [6.45, 7) is 2.81. The predicted octanol–water partition coefficient (Wildman–Crippen LogP) is 2.95. The molecule has 2 heterocycles. The molecule has 4 rings (SSSR count). The van der Waals surface area contributed by atoms with Gasteiger partial charge in [0.05, 0.1) is 19.6 Å². The maximum absolute atomic E-state index is 12.9. The second-order valence-corrected chi connectivity index (χ2v) is 7.63. The first-order valence-corrected chi connectivity index (χ1v) is 10.3. The van der Waals surface area contributed by atoms with Crippen LogP contribution in [-0.2, 0) is 27.2 Å². The highest BCUT2D eigenvalue weighted by atomic mass is 35.5. The van der Waals surface area contributed by atoms with Gasteiger partial charge in [-0.05, 0) is 42.2 Å². The van der Waals surface area contributed by atoms with E-state index in [0.29, 0.717) is 26.1 Å². The summed E-state index contributed by atoms with van der Waals surface area (Å²) >= 11 is 0. The molecule has 2 N–H and O–H groups in total. The Morgan fingerprint density at radius 2 is 1.93 bits per heavy atom. The Kier molecular flexibility index (Phi) is 7.85. The van der Waals surface area contributed by atoms with Crippen LogP contribution in [0, 0.1) is 0 Å². The highest BCUT2D eigenvalue weighted by Gasteiger charge is 2.22. The zero-order chi connectivity index (χ0) is 20.1. The van der Waals surface area contributed by atoms with Crippen molar-refractivity contribution in [2.24, 2.45) is 0 Å². The van der Waals surface area contributed by atoms with Crippen LogP contribution >= 0.6 is 12.4 Å². The number of morpholine rings is 1. The number of carbonyl (C=O) groups is 2. The number of carbonyl (C=O) groups excluding carboxylic acids is 2. The normalized spacial score (nSPS) is 18.1. The molecule has 0 radical (unpaired) electrons. The number of anilines is 2. The summed E-state index contributed by atoms with van der Waals surface area (Å²) in [6.07, 6.45) is 2.76. The van der Waals surface area contributed by atoms with Crippen LogP contribution in [0.1, 0.15) is 24.0 Å². The third-order valence-electron chi connectivity index (χ3n) is 5.43. The Morgan fingerprint density at radius 3 is 2.70 bits per heavy atom. The van der Waals surface area contributed by atoms with E-state index in [2.05, 4.69) is 16.7 Å². The van der Waals surface area contributed by atoms with Crippen LogP contribution in [0.2, 0.25) is 0 Å². The molecule has 6 nitrogen and oxygen atoms in total. The Labute approximate surface area is 183 Å². The van der Waals surface area contributed by atoms with Crippen LogP contribution in [0.5, 0.6) is 0 Å². The SMILES string of the molecule is Cl.O=C(CC1COCCN1)Nc1ccc(CC(=O)N2CCCc3ccccc32)cc1. The first-order chi connectivity index (χ1) is 14.2. The van der Waals surface area contributed by atoms with Crippen LogP contribution in [0.4, 0.5) is 11.4 Å². The molecule has 7 heteroatoms. The van der Waals surface area contributed by atoms with E-state index in [4.69, 9.17) is 4.74 Å². The van der Waals surface area contributed by atoms with Gasteiger partial charge in [-0.15, -0.1) is 12.4 Å². The average molecular weight is 430 g/mol. The van der Waals surface area contributed by atoms with Crippen molar-refractivity contribution in [3.05, 3.63) is 59.7 Å². The van der Waals surface area contributed by atoms with E-state index in [1.165, 1.54) is 5.56 Å². The average Bonchev–Trinajstić information content (AvgIpc) is 2.75. The fourth-order valence-electron chi connectivity index (χ4n) is 3.96. The van der Waals surface area contributed by atoms with Gasteiger partial charge in [0, 0.05) is 36.9 Å². The van der Waals surface area contributed by atoms with E-state index in [9.17, 15) is 9.59 Å². The number of nitrogens with one attached hydrogen (secondary N) is 2.